The van der Waals surface area contributed by atoms with E-state index in [1.807, 2.05) is 19.1 Å². The van der Waals surface area contributed by atoms with Crippen LogP contribution in [0.25, 0.3) is 5.69 Å². The monoisotopic (exact) mass is 353 g/mol. The van der Waals surface area contributed by atoms with E-state index in [1.54, 1.807) is 12.1 Å². The summed E-state index contributed by atoms with van der Waals surface area (Å²) in [6, 6.07) is 12.4. The van der Waals surface area contributed by atoms with Crippen LogP contribution in [-0.4, -0.2) is 15.0 Å². The van der Waals surface area contributed by atoms with Crippen LogP contribution in [0, 0.1) is 12.7 Å². The zero-order valence-electron chi connectivity index (χ0n) is 14.0. The topological polar surface area (TPSA) is 73.1 Å². The van der Waals surface area contributed by atoms with Crippen molar-refractivity contribution < 1.29 is 9.18 Å². The highest BCUT2D eigenvalue weighted by Crippen LogP contribution is 2.10. The number of aryl methyl sites for hydroxylation is 1. The number of amides is 1. The molecular formula is C19H16FN3O3. The molecule has 0 atom stereocenters. The van der Waals surface area contributed by atoms with Crippen LogP contribution in [0.15, 0.2) is 70.5 Å². The third kappa shape index (κ3) is 3.61. The highest BCUT2D eigenvalue weighted by atomic mass is 19.1. The number of hydrogen-bond acceptors (Lipinski definition) is 3. The molecule has 3 aromatic rings. The number of carbonyl (C=O) groups excluding carboxylic acids is 1. The number of hydrogen-bond donors (Lipinski definition) is 1. The molecule has 0 fully saturated rings. The molecule has 1 N–H and O–H groups in total. The van der Waals surface area contributed by atoms with Gasteiger partial charge in [0.2, 0.25) is 5.91 Å². The van der Waals surface area contributed by atoms with Crippen LogP contribution in [0.5, 0.6) is 0 Å². The molecule has 0 radical (unpaired) electrons. The maximum atomic E-state index is 12.9. The first-order valence-corrected chi connectivity index (χ1v) is 7.89. The fraction of sp³-hybridized carbons (Fsp3) is 0.105. The minimum atomic E-state index is -0.801. The van der Waals surface area contributed by atoms with E-state index in [0.29, 0.717) is 11.4 Å². The van der Waals surface area contributed by atoms with Crippen LogP contribution >= 0.6 is 0 Å². The predicted molar refractivity (Wildman–Crippen MR) is 96.1 cm³/mol. The zero-order valence-corrected chi connectivity index (χ0v) is 14.0. The van der Waals surface area contributed by atoms with Crippen LogP contribution in [0.4, 0.5) is 10.1 Å². The molecule has 0 saturated carbocycles. The van der Waals surface area contributed by atoms with Crippen molar-refractivity contribution >= 4 is 11.6 Å². The first kappa shape index (κ1) is 17.3. The number of halogens is 1. The molecule has 0 aliphatic carbocycles. The Bertz CT molecular complexity index is 1070. The molecule has 0 aliphatic rings. The van der Waals surface area contributed by atoms with E-state index in [2.05, 4.69) is 5.32 Å². The average molecular weight is 353 g/mol. The first-order valence-electron chi connectivity index (χ1n) is 7.89. The molecule has 132 valence electrons. The minimum absolute atomic E-state index is 0.319. The number of para-hydroxylation sites is 1. The minimum Gasteiger partial charge on any atom is -0.325 e. The molecular weight excluding hydrogens is 337 g/mol. The lowest BCUT2D eigenvalue weighted by atomic mass is 10.2. The lowest BCUT2D eigenvalue weighted by molar-refractivity contribution is -0.116. The van der Waals surface area contributed by atoms with Gasteiger partial charge in [0.15, 0.2) is 0 Å². The zero-order chi connectivity index (χ0) is 18.7. The number of benzene rings is 2. The fourth-order valence-corrected chi connectivity index (χ4v) is 2.54. The highest BCUT2D eigenvalue weighted by Gasteiger charge is 2.11. The van der Waals surface area contributed by atoms with Crippen molar-refractivity contribution in [1.29, 1.82) is 0 Å². The number of carbonyl (C=O) groups is 1. The van der Waals surface area contributed by atoms with E-state index in [4.69, 9.17) is 0 Å². The Morgan fingerprint density at radius 1 is 1.00 bits per heavy atom. The molecule has 26 heavy (non-hydrogen) atoms. The van der Waals surface area contributed by atoms with E-state index in [9.17, 15) is 18.8 Å². The summed E-state index contributed by atoms with van der Waals surface area (Å²) in [6.45, 7) is 1.52. The summed E-state index contributed by atoms with van der Waals surface area (Å²) < 4.78 is 15.2. The van der Waals surface area contributed by atoms with Crippen molar-refractivity contribution in [3.63, 3.8) is 0 Å². The van der Waals surface area contributed by atoms with Gasteiger partial charge in [-0.25, -0.2) is 4.39 Å². The number of rotatable bonds is 4. The molecule has 6 nitrogen and oxygen atoms in total. The van der Waals surface area contributed by atoms with Crippen LogP contribution in [0.3, 0.4) is 0 Å². The molecule has 1 amide bonds. The van der Waals surface area contributed by atoms with Crippen molar-refractivity contribution in [2.24, 2.45) is 0 Å². The van der Waals surface area contributed by atoms with Gasteiger partial charge in [0.25, 0.3) is 0 Å². The molecule has 2 aromatic carbocycles. The van der Waals surface area contributed by atoms with Crippen molar-refractivity contribution in [3.8, 4) is 5.69 Å². The number of anilines is 1. The second kappa shape index (κ2) is 7.18. The van der Waals surface area contributed by atoms with Crippen molar-refractivity contribution in [2.45, 2.75) is 13.5 Å². The van der Waals surface area contributed by atoms with Gasteiger partial charge in [0.1, 0.15) is 12.4 Å². The molecule has 7 heteroatoms. The molecule has 0 bridgehead atoms. The van der Waals surface area contributed by atoms with Crippen LogP contribution in [-0.2, 0) is 11.3 Å². The lowest BCUT2D eigenvalue weighted by Gasteiger charge is -2.11. The molecule has 0 aliphatic heterocycles. The van der Waals surface area contributed by atoms with E-state index in [-0.39, 0.29) is 6.54 Å². The van der Waals surface area contributed by atoms with E-state index >= 15 is 0 Å². The van der Waals surface area contributed by atoms with Gasteiger partial charge < -0.3 is 5.32 Å². The van der Waals surface area contributed by atoms with Crippen LogP contribution in [0.2, 0.25) is 0 Å². The van der Waals surface area contributed by atoms with E-state index in [1.165, 1.54) is 41.2 Å². The van der Waals surface area contributed by atoms with Crippen LogP contribution in [0.1, 0.15) is 5.56 Å². The molecule has 1 heterocycles. The highest BCUT2D eigenvalue weighted by molar-refractivity contribution is 5.90. The summed E-state index contributed by atoms with van der Waals surface area (Å²) in [7, 11) is 0. The van der Waals surface area contributed by atoms with Crippen molar-refractivity contribution in [2.75, 3.05) is 5.32 Å². The average Bonchev–Trinajstić information content (AvgIpc) is 2.62. The van der Waals surface area contributed by atoms with Gasteiger partial charge >= 0.3 is 11.1 Å². The van der Waals surface area contributed by atoms with Gasteiger partial charge in [-0.2, -0.15) is 0 Å². The second-order valence-electron chi connectivity index (χ2n) is 5.75. The lowest BCUT2D eigenvalue weighted by Crippen LogP contribution is -2.41. The van der Waals surface area contributed by atoms with Gasteiger partial charge in [0, 0.05) is 18.1 Å². The van der Waals surface area contributed by atoms with Gasteiger partial charge in [-0.1, -0.05) is 18.2 Å². The normalized spacial score (nSPS) is 10.5. The second-order valence-corrected chi connectivity index (χ2v) is 5.75. The van der Waals surface area contributed by atoms with Gasteiger partial charge in [-0.05, 0) is 42.8 Å². The Hall–Kier alpha value is -3.48. The Kier molecular flexibility index (Phi) is 4.79. The SMILES string of the molecule is Cc1ccccc1-n1ccn(CC(=O)Nc2ccc(F)cc2)c(=O)c1=O. The van der Waals surface area contributed by atoms with Crippen LogP contribution < -0.4 is 16.4 Å². The number of aromatic nitrogens is 2. The molecule has 0 saturated heterocycles. The summed E-state index contributed by atoms with van der Waals surface area (Å²) >= 11 is 0. The standard InChI is InChI=1S/C19H16FN3O3/c1-13-4-2-3-5-16(13)23-11-10-22(18(25)19(23)26)12-17(24)21-15-8-6-14(20)7-9-15/h2-11H,12H2,1H3,(H,21,24). The maximum absolute atomic E-state index is 12.9. The molecule has 1 aromatic heterocycles. The summed E-state index contributed by atoms with van der Waals surface area (Å²) in [5.74, 6) is -0.911. The summed E-state index contributed by atoms with van der Waals surface area (Å²) in [5, 5.41) is 2.55. The molecule has 0 unspecified atom stereocenters. The number of nitrogens with zero attached hydrogens (tertiary/aromatic N) is 2. The Morgan fingerprint density at radius 3 is 2.38 bits per heavy atom. The predicted octanol–water partition coefficient (Wildman–Crippen LogP) is 2.09. The van der Waals surface area contributed by atoms with E-state index < -0.39 is 22.8 Å². The number of nitrogens with one attached hydrogen (secondary N) is 1. The summed E-state index contributed by atoms with van der Waals surface area (Å²) in [6.07, 6.45) is 2.84. The molecule has 0 spiro atoms. The summed E-state index contributed by atoms with van der Waals surface area (Å²) in [4.78, 5) is 36.7. The smallest absolute Gasteiger partial charge is 0.320 e. The van der Waals surface area contributed by atoms with Crippen molar-refractivity contribution in [1.82, 2.24) is 9.13 Å². The Balaban J connectivity index is 1.84. The third-order valence-corrected chi connectivity index (χ3v) is 3.88. The Labute approximate surface area is 148 Å². The van der Waals surface area contributed by atoms with Gasteiger partial charge in [0.05, 0.1) is 5.69 Å². The Morgan fingerprint density at radius 2 is 1.69 bits per heavy atom. The largest absolute Gasteiger partial charge is 0.325 e. The molecule has 3 rings (SSSR count). The first-order chi connectivity index (χ1) is 12.5. The van der Waals surface area contributed by atoms with E-state index in [0.717, 1.165) is 10.1 Å². The third-order valence-electron chi connectivity index (χ3n) is 3.88. The quantitative estimate of drug-likeness (QED) is 0.730. The van der Waals surface area contributed by atoms with Gasteiger partial charge in [-0.3, -0.25) is 23.5 Å². The van der Waals surface area contributed by atoms with Crippen molar-refractivity contribution in [3.05, 3.63) is 93.0 Å². The fourth-order valence-electron chi connectivity index (χ4n) is 2.54. The van der Waals surface area contributed by atoms with Gasteiger partial charge in [-0.15, -0.1) is 0 Å². The summed E-state index contributed by atoms with van der Waals surface area (Å²) in [5.41, 5.74) is 0.317. The maximum Gasteiger partial charge on any atom is 0.320 e.